The van der Waals surface area contributed by atoms with Gasteiger partial charge in [-0.3, -0.25) is 0 Å². The van der Waals surface area contributed by atoms with Crippen molar-refractivity contribution in [1.82, 2.24) is 10.0 Å². The van der Waals surface area contributed by atoms with Crippen LogP contribution in [0.2, 0.25) is 0 Å². The number of hydrogen-bond donors (Lipinski definition) is 3. The van der Waals surface area contributed by atoms with E-state index in [1.54, 1.807) is 19.9 Å². The molecule has 0 saturated heterocycles. The Kier molecular flexibility index (Phi) is 6.86. The van der Waals surface area contributed by atoms with Gasteiger partial charge >= 0.3 is 0 Å². The second-order valence-electron chi connectivity index (χ2n) is 5.82. The monoisotopic (exact) mass is 318 g/mol. The first-order chi connectivity index (χ1) is 9.76. The summed E-state index contributed by atoms with van der Waals surface area (Å²) in [6.07, 6.45) is 0. The largest absolute Gasteiger partial charge is 0.447 e. The number of aliphatic hydroxyl groups is 1. The van der Waals surface area contributed by atoms with Crippen molar-refractivity contribution in [3.8, 4) is 0 Å². The first-order valence-corrected chi connectivity index (χ1v) is 8.67. The van der Waals surface area contributed by atoms with Gasteiger partial charge in [-0.1, -0.05) is 20.8 Å². The summed E-state index contributed by atoms with van der Waals surface area (Å²) in [4.78, 5) is 0. The lowest BCUT2D eigenvalue weighted by atomic mass is 10.1. The van der Waals surface area contributed by atoms with Gasteiger partial charge < -0.3 is 14.8 Å². The minimum Gasteiger partial charge on any atom is -0.447 e. The molecule has 0 spiro atoms. The van der Waals surface area contributed by atoms with Gasteiger partial charge in [0.2, 0.25) is 5.09 Å². The minimum absolute atomic E-state index is 0.0772. The minimum atomic E-state index is -3.69. The Bertz CT molecular complexity index is 525. The van der Waals surface area contributed by atoms with Gasteiger partial charge in [-0.25, -0.2) is 13.1 Å². The molecule has 3 N–H and O–H groups in total. The highest BCUT2D eigenvalue weighted by molar-refractivity contribution is 7.89. The lowest BCUT2D eigenvalue weighted by molar-refractivity contribution is 0.216. The fourth-order valence-corrected chi connectivity index (χ4v) is 2.96. The van der Waals surface area contributed by atoms with E-state index < -0.39 is 10.0 Å². The molecule has 0 saturated carbocycles. The molecule has 1 heterocycles. The summed E-state index contributed by atoms with van der Waals surface area (Å²) in [5.74, 6) is 0.937. The van der Waals surface area contributed by atoms with E-state index in [1.807, 2.05) is 0 Å². The highest BCUT2D eigenvalue weighted by Gasteiger charge is 2.23. The van der Waals surface area contributed by atoms with E-state index >= 15 is 0 Å². The molecular formula is C14H26N2O4S. The number of aliphatic hydroxyl groups excluding tert-OH is 1. The maximum atomic E-state index is 12.2. The van der Waals surface area contributed by atoms with Crippen LogP contribution in [0.1, 0.15) is 33.5 Å². The second kappa shape index (κ2) is 7.93. The van der Waals surface area contributed by atoms with Gasteiger partial charge in [0.1, 0.15) is 5.76 Å². The quantitative estimate of drug-likeness (QED) is 0.639. The Hall–Kier alpha value is -0.890. The third-order valence-corrected chi connectivity index (χ3v) is 4.67. The van der Waals surface area contributed by atoms with Crippen LogP contribution < -0.4 is 10.0 Å². The van der Waals surface area contributed by atoms with E-state index in [0.717, 1.165) is 6.54 Å². The predicted molar refractivity (Wildman–Crippen MR) is 81.3 cm³/mol. The van der Waals surface area contributed by atoms with Crippen LogP contribution in [0.4, 0.5) is 0 Å². The summed E-state index contributed by atoms with van der Waals surface area (Å²) in [7, 11) is -3.69. The number of furan rings is 1. The molecule has 0 aromatic carbocycles. The molecule has 0 fully saturated rings. The fourth-order valence-electron chi connectivity index (χ4n) is 1.66. The highest BCUT2D eigenvalue weighted by Crippen LogP contribution is 2.15. The van der Waals surface area contributed by atoms with Crippen molar-refractivity contribution in [1.29, 1.82) is 0 Å². The molecule has 1 rings (SSSR count). The molecule has 21 heavy (non-hydrogen) atoms. The molecule has 0 amide bonds. The van der Waals surface area contributed by atoms with Crippen LogP contribution in [-0.4, -0.2) is 32.7 Å². The van der Waals surface area contributed by atoms with Crippen molar-refractivity contribution in [3.05, 3.63) is 17.9 Å². The van der Waals surface area contributed by atoms with Crippen LogP contribution in [0.3, 0.4) is 0 Å². The van der Waals surface area contributed by atoms with Crippen LogP contribution in [0.5, 0.6) is 0 Å². The Labute approximate surface area is 127 Å². The zero-order chi connectivity index (χ0) is 16.0. The molecule has 2 unspecified atom stereocenters. The van der Waals surface area contributed by atoms with Gasteiger partial charge in [0, 0.05) is 12.6 Å². The normalized spacial score (nSPS) is 15.3. The smallest absolute Gasteiger partial charge is 0.274 e. The molecule has 2 atom stereocenters. The lowest BCUT2D eigenvalue weighted by Crippen LogP contribution is -2.38. The van der Waals surface area contributed by atoms with Crippen LogP contribution >= 0.6 is 0 Å². The summed E-state index contributed by atoms with van der Waals surface area (Å²) in [6.45, 7) is 8.94. The number of rotatable bonds is 9. The zero-order valence-corrected chi connectivity index (χ0v) is 13.9. The first kappa shape index (κ1) is 18.2. The van der Waals surface area contributed by atoms with Gasteiger partial charge in [-0.15, -0.1) is 0 Å². The van der Waals surface area contributed by atoms with Gasteiger partial charge in [-0.2, -0.15) is 0 Å². The predicted octanol–water partition coefficient (Wildman–Crippen LogP) is 1.32. The van der Waals surface area contributed by atoms with Crippen molar-refractivity contribution < 1.29 is 17.9 Å². The van der Waals surface area contributed by atoms with Crippen molar-refractivity contribution in [3.63, 3.8) is 0 Å². The van der Waals surface area contributed by atoms with Crippen molar-refractivity contribution in [2.75, 3.05) is 13.2 Å². The van der Waals surface area contributed by atoms with E-state index in [1.165, 1.54) is 6.07 Å². The van der Waals surface area contributed by atoms with Gasteiger partial charge in [0.25, 0.3) is 10.0 Å². The highest BCUT2D eigenvalue weighted by atomic mass is 32.2. The van der Waals surface area contributed by atoms with E-state index in [4.69, 9.17) is 9.52 Å². The first-order valence-electron chi connectivity index (χ1n) is 7.19. The molecule has 0 bridgehead atoms. The number of nitrogens with one attached hydrogen (secondary N) is 2. The van der Waals surface area contributed by atoms with Crippen molar-refractivity contribution >= 4 is 10.0 Å². The molecule has 7 heteroatoms. The molecular weight excluding hydrogens is 292 g/mol. The molecule has 0 radical (unpaired) electrons. The number of hydrogen-bond acceptors (Lipinski definition) is 5. The Morgan fingerprint density at radius 2 is 1.90 bits per heavy atom. The number of sulfonamides is 1. The summed E-state index contributed by atoms with van der Waals surface area (Å²) in [5, 5.41) is 12.1. The summed E-state index contributed by atoms with van der Waals surface area (Å²) in [6, 6.07) is 2.74. The third kappa shape index (κ3) is 5.78. The molecule has 6 nitrogen and oxygen atoms in total. The van der Waals surface area contributed by atoms with Crippen LogP contribution in [0.15, 0.2) is 21.6 Å². The molecule has 1 aromatic heterocycles. The van der Waals surface area contributed by atoms with E-state index in [9.17, 15) is 8.42 Å². The molecule has 0 aliphatic carbocycles. The average molecular weight is 318 g/mol. The van der Waals surface area contributed by atoms with Crippen LogP contribution in [0.25, 0.3) is 0 Å². The van der Waals surface area contributed by atoms with Gasteiger partial charge in [0.15, 0.2) is 0 Å². The summed E-state index contributed by atoms with van der Waals surface area (Å²) >= 11 is 0. The van der Waals surface area contributed by atoms with Crippen LogP contribution in [0, 0.1) is 11.8 Å². The topological polar surface area (TPSA) is 91.6 Å². The lowest BCUT2D eigenvalue weighted by Gasteiger charge is -2.18. The Morgan fingerprint density at radius 3 is 2.48 bits per heavy atom. The second-order valence-corrected chi connectivity index (χ2v) is 7.46. The Morgan fingerprint density at radius 1 is 1.24 bits per heavy atom. The fraction of sp³-hybridized carbons (Fsp3) is 0.714. The van der Waals surface area contributed by atoms with Crippen LogP contribution in [-0.2, 0) is 16.6 Å². The summed E-state index contributed by atoms with van der Waals surface area (Å²) in [5.41, 5.74) is 0. The van der Waals surface area contributed by atoms with E-state index in [0.29, 0.717) is 18.2 Å². The maximum Gasteiger partial charge on any atom is 0.274 e. The molecule has 0 aliphatic rings. The third-order valence-electron chi connectivity index (χ3n) is 3.24. The SMILES string of the molecule is CC(C)CNCc1ccc(S(=O)(=O)NC(C)C(C)CO)o1. The van der Waals surface area contributed by atoms with Crippen molar-refractivity contribution in [2.45, 2.75) is 45.4 Å². The average Bonchev–Trinajstić information content (AvgIpc) is 2.86. The molecule has 122 valence electrons. The molecule has 0 aliphatic heterocycles. The standard InChI is InChI=1S/C14H26N2O4S/c1-10(2)7-15-8-13-5-6-14(20-13)21(18,19)16-12(4)11(3)9-17/h5-6,10-12,15-17H,7-9H2,1-4H3. The van der Waals surface area contributed by atoms with Gasteiger partial charge in [-0.05, 0) is 37.4 Å². The maximum absolute atomic E-state index is 12.2. The van der Waals surface area contributed by atoms with Crippen molar-refractivity contribution in [2.24, 2.45) is 11.8 Å². The van der Waals surface area contributed by atoms with E-state index in [2.05, 4.69) is 23.9 Å². The zero-order valence-electron chi connectivity index (χ0n) is 13.1. The summed E-state index contributed by atoms with van der Waals surface area (Å²) < 4.78 is 32.2. The molecule has 1 aromatic rings. The Balaban J connectivity index is 2.65. The van der Waals surface area contributed by atoms with E-state index in [-0.39, 0.29) is 23.7 Å². The van der Waals surface area contributed by atoms with Gasteiger partial charge in [0.05, 0.1) is 6.54 Å².